The molecule has 0 aromatic heterocycles. The number of hydrogen-bond donors (Lipinski definition) is 1. The molecule has 1 heterocycles. The number of nitrogens with zero attached hydrogens (tertiary/aromatic N) is 1. The first-order chi connectivity index (χ1) is 13.9. The number of hydrogen-bond acceptors (Lipinski definition) is 3. The molecule has 1 N–H and O–H groups in total. The van der Waals surface area contributed by atoms with Crippen molar-refractivity contribution in [2.24, 2.45) is 5.92 Å². The number of ketones is 1. The Kier molecular flexibility index (Phi) is 6.69. The van der Waals surface area contributed by atoms with Crippen molar-refractivity contribution >= 4 is 11.7 Å². The fourth-order valence-electron chi connectivity index (χ4n) is 3.60. The second-order valence-electron chi connectivity index (χ2n) is 7.15. The van der Waals surface area contributed by atoms with Gasteiger partial charge in [0, 0.05) is 24.6 Å². The van der Waals surface area contributed by atoms with Crippen LogP contribution in [0.3, 0.4) is 0 Å². The van der Waals surface area contributed by atoms with Crippen molar-refractivity contribution in [3.63, 3.8) is 0 Å². The third kappa shape index (κ3) is 5.44. The lowest BCUT2D eigenvalue weighted by Gasteiger charge is -2.32. The smallest absolute Gasteiger partial charge is 0.342 e. The van der Waals surface area contributed by atoms with Crippen LogP contribution in [0.4, 0.5) is 13.2 Å². The molecule has 0 spiro atoms. The molecule has 1 amide bonds. The van der Waals surface area contributed by atoms with Crippen LogP contribution in [0.25, 0.3) is 0 Å². The average molecular weight is 404 g/mol. The number of amides is 1. The molecule has 1 atom stereocenters. The maximum atomic E-state index is 13.4. The number of piperidine rings is 1. The molecule has 0 saturated carbocycles. The summed E-state index contributed by atoms with van der Waals surface area (Å²) in [7, 11) is 0. The van der Waals surface area contributed by atoms with Crippen molar-refractivity contribution in [3.05, 3.63) is 71.8 Å². The summed E-state index contributed by atoms with van der Waals surface area (Å²) in [6.45, 7) is 0.327. The monoisotopic (exact) mass is 404 g/mol. The Bertz CT molecular complexity index is 817. The first kappa shape index (κ1) is 21.0. The van der Waals surface area contributed by atoms with Gasteiger partial charge in [-0.1, -0.05) is 60.7 Å². The largest absolute Gasteiger partial charge is 0.407 e. The molecule has 0 bridgehead atoms. The fourth-order valence-corrected chi connectivity index (χ4v) is 3.60. The van der Waals surface area contributed by atoms with E-state index in [0.29, 0.717) is 31.5 Å². The van der Waals surface area contributed by atoms with Crippen LogP contribution >= 0.6 is 0 Å². The summed E-state index contributed by atoms with van der Waals surface area (Å²) in [6, 6.07) is 14.6. The second kappa shape index (κ2) is 9.22. The van der Waals surface area contributed by atoms with Crippen LogP contribution in [0.5, 0.6) is 0 Å². The highest BCUT2D eigenvalue weighted by Crippen LogP contribution is 2.32. The molecule has 29 heavy (non-hydrogen) atoms. The molecular formula is C22H23F3N2O2. The quantitative estimate of drug-likeness (QED) is 0.741. The van der Waals surface area contributed by atoms with Crippen molar-refractivity contribution in [3.8, 4) is 0 Å². The second-order valence-corrected chi connectivity index (χ2v) is 7.15. The van der Waals surface area contributed by atoms with Crippen molar-refractivity contribution in [2.45, 2.75) is 25.1 Å². The average Bonchev–Trinajstić information content (AvgIpc) is 2.74. The van der Waals surface area contributed by atoms with Crippen LogP contribution in [0.2, 0.25) is 0 Å². The molecule has 1 fully saturated rings. The van der Waals surface area contributed by atoms with E-state index in [4.69, 9.17) is 0 Å². The van der Waals surface area contributed by atoms with E-state index in [2.05, 4.69) is 5.32 Å². The van der Waals surface area contributed by atoms with Crippen molar-refractivity contribution < 1.29 is 22.8 Å². The number of halogens is 3. The molecule has 1 saturated heterocycles. The Hall–Kier alpha value is -2.67. The molecular weight excluding hydrogens is 381 g/mol. The molecule has 2 aromatic carbocycles. The molecule has 1 aliphatic rings. The predicted octanol–water partition coefficient (Wildman–Crippen LogP) is 4.00. The molecule has 154 valence electrons. The minimum atomic E-state index is -4.50. The Morgan fingerprint density at radius 2 is 1.52 bits per heavy atom. The van der Waals surface area contributed by atoms with Crippen molar-refractivity contribution in [2.75, 3.05) is 19.6 Å². The summed E-state index contributed by atoms with van der Waals surface area (Å²) < 4.78 is 40.1. The van der Waals surface area contributed by atoms with E-state index in [0.717, 1.165) is 0 Å². The van der Waals surface area contributed by atoms with Crippen molar-refractivity contribution in [1.29, 1.82) is 0 Å². The number of carbonyl (C=O) groups is 2. The van der Waals surface area contributed by atoms with Crippen molar-refractivity contribution in [1.82, 2.24) is 10.2 Å². The van der Waals surface area contributed by atoms with Gasteiger partial charge in [0.05, 0.1) is 6.54 Å². The molecule has 0 aliphatic carbocycles. The lowest BCUT2D eigenvalue weighted by Crippen LogP contribution is -2.46. The Balaban J connectivity index is 1.53. The zero-order valence-electron chi connectivity index (χ0n) is 15.9. The highest BCUT2D eigenvalue weighted by molar-refractivity contribution is 5.98. The normalized spacial score (nSPS) is 16.4. The Morgan fingerprint density at radius 1 is 0.966 bits per heavy atom. The summed E-state index contributed by atoms with van der Waals surface area (Å²) >= 11 is 0. The highest BCUT2D eigenvalue weighted by atomic mass is 19.4. The van der Waals surface area contributed by atoms with Crippen LogP contribution in [-0.2, 0) is 4.79 Å². The molecule has 7 heteroatoms. The lowest BCUT2D eigenvalue weighted by molar-refractivity contribution is -0.159. The van der Waals surface area contributed by atoms with Gasteiger partial charge in [0.15, 0.2) is 5.78 Å². The predicted molar refractivity (Wildman–Crippen MR) is 103 cm³/mol. The van der Waals surface area contributed by atoms with E-state index >= 15 is 0 Å². The molecule has 3 rings (SSSR count). The first-order valence-electron chi connectivity index (χ1n) is 9.58. The number of nitrogens with one attached hydrogen (secondary N) is 1. The number of Topliss-reactive ketones (excluding diaryl/α,β-unsaturated/α-hetero) is 1. The third-order valence-electron chi connectivity index (χ3n) is 5.19. The van der Waals surface area contributed by atoms with E-state index in [1.54, 1.807) is 30.3 Å². The molecule has 4 nitrogen and oxygen atoms in total. The molecule has 1 unspecified atom stereocenters. The van der Waals surface area contributed by atoms with Gasteiger partial charge in [0.25, 0.3) is 0 Å². The molecule has 1 aliphatic heterocycles. The number of likely N-dealkylation sites (tertiary alicyclic amines) is 1. The van der Waals surface area contributed by atoms with Crippen LogP contribution in [0.1, 0.15) is 34.8 Å². The van der Waals surface area contributed by atoms with E-state index < -0.39 is 18.8 Å². The van der Waals surface area contributed by atoms with Crippen LogP contribution in [0.15, 0.2) is 60.7 Å². The van der Waals surface area contributed by atoms with Gasteiger partial charge in [-0.2, -0.15) is 13.2 Å². The van der Waals surface area contributed by atoms with Gasteiger partial charge in [-0.3, -0.25) is 14.9 Å². The maximum Gasteiger partial charge on any atom is 0.407 e. The van der Waals surface area contributed by atoms with Gasteiger partial charge in [-0.15, -0.1) is 0 Å². The van der Waals surface area contributed by atoms with Crippen LogP contribution in [-0.4, -0.2) is 42.4 Å². The molecule has 2 aromatic rings. The van der Waals surface area contributed by atoms with E-state index in [1.807, 2.05) is 6.07 Å². The standard InChI is InChI=1S/C22H23F3N2O2/c23-22(24,25)21(18-9-5-2-6-10-18)26-15-19(28)27-13-11-17(12-14-27)20(29)16-7-3-1-4-8-16/h1-10,17,21,26H,11-15H2. The lowest BCUT2D eigenvalue weighted by atomic mass is 9.89. The number of benzene rings is 2. The Labute approximate surface area is 167 Å². The minimum Gasteiger partial charge on any atom is -0.342 e. The zero-order valence-corrected chi connectivity index (χ0v) is 15.9. The Morgan fingerprint density at radius 3 is 2.07 bits per heavy atom. The third-order valence-corrected chi connectivity index (χ3v) is 5.19. The van der Waals surface area contributed by atoms with Crippen LogP contribution < -0.4 is 5.32 Å². The maximum absolute atomic E-state index is 13.4. The summed E-state index contributed by atoms with van der Waals surface area (Å²) in [5, 5.41) is 2.35. The van der Waals surface area contributed by atoms with Gasteiger partial charge in [0.2, 0.25) is 5.91 Å². The number of alkyl halides is 3. The summed E-state index contributed by atoms with van der Waals surface area (Å²) in [6.07, 6.45) is -3.47. The van der Waals surface area contributed by atoms with E-state index in [-0.39, 0.29) is 23.2 Å². The summed E-state index contributed by atoms with van der Waals surface area (Å²) in [4.78, 5) is 26.5. The van der Waals surface area contributed by atoms with E-state index in [9.17, 15) is 22.8 Å². The first-order valence-corrected chi connectivity index (χ1v) is 9.58. The number of rotatable bonds is 6. The SMILES string of the molecule is O=C(c1ccccc1)C1CCN(C(=O)CNC(c2ccccc2)C(F)(F)F)CC1. The molecule has 0 radical (unpaired) electrons. The summed E-state index contributed by atoms with van der Waals surface area (Å²) in [5.41, 5.74) is 0.717. The van der Waals surface area contributed by atoms with Gasteiger partial charge in [0.1, 0.15) is 6.04 Å². The minimum absolute atomic E-state index is 0.0528. The van der Waals surface area contributed by atoms with Gasteiger partial charge in [-0.25, -0.2) is 0 Å². The van der Waals surface area contributed by atoms with Gasteiger partial charge in [-0.05, 0) is 18.4 Å². The topological polar surface area (TPSA) is 49.4 Å². The number of carbonyl (C=O) groups excluding carboxylic acids is 2. The fraction of sp³-hybridized carbons (Fsp3) is 0.364. The highest BCUT2D eigenvalue weighted by Gasteiger charge is 2.41. The zero-order chi connectivity index (χ0) is 20.9. The van der Waals surface area contributed by atoms with E-state index in [1.165, 1.54) is 29.2 Å². The van der Waals surface area contributed by atoms with Crippen LogP contribution in [0, 0.1) is 5.92 Å². The van der Waals surface area contributed by atoms with Gasteiger partial charge < -0.3 is 4.90 Å². The summed E-state index contributed by atoms with van der Waals surface area (Å²) in [5.74, 6) is -0.500. The van der Waals surface area contributed by atoms with Gasteiger partial charge >= 0.3 is 6.18 Å².